The number of nitrogens with one attached hydrogen (secondary N) is 1. The molecule has 0 radical (unpaired) electrons. The summed E-state index contributed by atoms with van der Waals surface area (Å²) in [5.41, 5.74) is 3.76. The number of benzene rings is 1. The van der Waals surface area contributed by atoms with Crippen LogP contribution in [0.25, 0.3) is 0 Å². The highest BCUT2D eigenvalue weighted by Gasteiger charge is 2.15. The van der Waals surface area contributed by atoms with Gasteiger partial charge in [-0.2, -0.15) is 0 Å². The molecule has 23 heavy (non-hydrogen) atoms. The average molecular weight is 321 g/mol. The fourth-order valence-electron chi connectivity index (χ4n) is 2.06. The Hall–Kier alpha value is -2.38. The fourth-order valence-corrected chi connectivity index (χ4v) is 2.06. The number of aromatic hydroxyl groups is 1. The molecule has 0 aromatic heterocycles. The molecule has 0 saturated heterocycles. The molecular weight excluding hydrogens is 298 g/mol. The summed E-state index contributed by atoms with van der Waals surface area (Å²) in [6.07, 6.45) is 4.62. The van der Waals surface area contributed by atoms with Gasteiger partial charge in [0.05, 0.1) is 7.11 Å². The van der Waals surface area contributed by atoms with Crippen molar-refractivity contribution in [3.63, 3.8) is 0 Å². The number of phenols is 1. The molecule has 1 aromatic rings. The molecule has 0 amide bonds. The first-order valence-electron chi connectivity index (χ1n) is 7.23. The molecule has 1 atom stereocenters. The third-order valence-electron chi connectivity index (χ3n) is 3.24. The van der Waals surface area contributed by atoms with Gasteiger partial charge in [0.2, 0.25) is 0 Å². The monoisotopic (exact) mass is 321 g/mol. The zero-order valence-electron chi connectivity index (χ0n) is 13.2. The zero-order valence-corrected chi connectivity index (χ0v) is 13.2. The van der Waals surface area contributed by atoms with Crippen molar-refractivity contribution in [2.24, 2.45) is 10.8 Å². The molecule has 0 fully saturated rings. The quantitative estimate of drug-likeness (QED) is 0.169. The van der Waals surface area contributed by atoms with E-state index in [9.17, 15) is 15.0 Å². The molecule has 0 spiro atoms. The molecule has 7 nitrogen and oxygen atoms in total. The Bertz CT molecular complexity index is 573. The molecule has 0 saturated carbocycles. The van der Waals surface area contributed by atoms with E-state index in [-0.39, 0.29) is 5.75 Å². The second kappa shape index (κ2) is 9.60. The van der Waals surface area contributed by atoms with Crippen LogP contribution in [0.4, 0.5) is 0 Å². The molecule has 126 valence electrons. The van der Waals surface area contributed by atoms with Crippen LogP contribution in [-0.2, 0) is 11.2 Å². The number of phenolic OH excluding ortho intramolecular Hbond substituents is 1. The molecule has 0 bridgehead atoms. The number of hydrazine groups is 1. The minimum atomic E-state index is -1.02. The van der Waals surface area contributed by atoms with Gasteiger partial charge in [0, 0.05) is 18.3 Å². The number of hydrogen-bond donors (Lipinski definition) is 4. The highest BCUT2D eigenvalue weighted by molar-refractivity contribution is 5.87. The second-order valence-corrected chi connectivity index (χ2v) is 4.96. The first-order chi connectivity index (χ1) is 11.0. The highest BCUT2D eigenvalue weighted by Crippen LogP contribution is 2.30. The van der Waals surface area contributed by atoms with Crippen molar-refractivity contribution >= 4 is 12.2 Å². The molecule has 1 rings (SSSR count). The van der Waals surface area contributed by atoms with Crippen molar-refractivity contribution in [1.82, 2.24) is 5.43 Å². The average Bonchev–Trinajstić information content (AvgIpc) is 2.52. The predicted molar refractivity (Wildman–Crippen MR) is 89.0 cm³/mol. The van der Waals surface area contributed by atoms with Gasteiger partial charge in [-0.25, -0.2) is 4.79 Å². The maximum absolute atomic E-state index is 11.2. The van der Waals surface area contributed by atoms with Crippen molar-refractivity contribution in [3.8, 4) is 11.5 Å². The number of carbonyl (C=O) groups is 1. The highest BCUT2D eigenvalue weighted by atomic mass is 16.5. The van der Waals surface area contributed by atoms with E-state index < -0.39 is 12.0 Å². The molecule has 0 aliphatic heterocycles. The normalized spacial score (nSPS) is 12.3. The predicted octanol–water partition coefficient (Wildman–Crippen LogP) is 1.24. The van der Waals surface area contributed by atoms with Gasteiger partial charge in [-0.3, -0.25) is 16.3 Å². The third-order valence-corrected chi connectivity index (χ3v) is 3.24. The third kappa shape index (κ3) is 5.72. The van der Waals surface area contributed by atoms with Gasteiger partial charge in [-0.1, -0.05) is 6.08 Å². The minimum absolute atomic E-state index is 0.0724. The summed E-state index contributed by atoms with van der Waals surface area (Å²) in [5.74, 6) is 4.38. The fraction of sp³-hybridized carbons (Fsp3) is 0.375. The Kier molecular flexibility index (Phi) is 7.79. The standard InChI is InChI=1S/C16H23N3O4/c1-3-5-11-8-12(15(20)14(9-11)23-2)10-18-13(16(21)22)6-4-7-19-17/h3,8-10,13,19-20H,1,4-7,17H2,2H3,(H,21,22). The van der Waals surface area contributed by atoms with Crippen LogP contribution >= 0.6 is 0 Å². The number of allylic oxidation sites excluding steroid dienone is 1. The van der Waals surface area contributed by atoms with Crippen molar-refractivity contribution in [2.45, 2.75) is 25.3 Å². The number of rotatable bonds is 10. The number of carboxylic acids is 1. The van der Waals surface area contributed by atoms with Gasteiger partial charge in [0.1, 0.15) is 6.04 Å². The summed E-state index contributed by atoms with van der Waals surface area (Å²) in [6, 6.07) is 2.54. The number of methoxy groups -OCH3 is 1. The first-order valence-corrected chi connectivity index (χ1v) is 7.23. The number of nitrogens with zero attached hydrogens (tertiary/aromatic N) is 1. The lowest BCUT2D eigenvalue weighted by atomic mass is 10.1. The minimum Gasteiger partial charge on any atom is -0.504 e. The van der Waals surface area contributed by atoms with Crippen LogP contribution in [0.2, 0.25) is 0 Å². The molecule has 0 aliphatic rings. The number of carboxylic acid groups (broad SMARTS) is 1. The number of aliphatic imine (C=N–C) groups is 1. The smallest absolute Gasteiger partial charge is 0.328 e. The van der Waals surface area contributed by atoms with E-state index in [1.165, 1.54) is 13.3 Å². The Morgan fingerprint density at radius 2 is 2.30 bits per heavy atom. The van der Waals surface area contributed by atoms with Gasteiger partial charge in [0.15, 0.2) is 11.5 Å². The molecule has 0 aliphatic carbocycles. The molecular formula is C16H23N3O4. The summed E-state index contributed by atoms with van der Waals surface area (Å²) >= 11 is 0. The summed E-state index contributed by atoms with van der Waals surface area (Å²) in [7, 11) is 1.45. The van der Waals surface area contributed by atoms with Crippen molar-refractivity contribution in [1.29, 1.82) is 0 Å². The summed E-state index contributed by atoms with van der Waals surface area (Å²) in [5, 5.41) is 19.3. The Morgan fingerprint density at radius 1 is 1.57 bits per heavy atom. The van der Waals surface area contributed by atoms with E-state index in [4.69, 9.17) is 10.6 Å². The van der Waals surface area contributed by atoms with Crippen LogP contribution in [0.5, 0.6) is 11.5 Å². The van der Waals surface area contributed by atoms with E-state index in [1.807, 2.05) is 0 Å². The summed E-state index contributed by atoms with van der Waals surface area (Å²) in [4.78, 5) is 15.3. The van der Waals surface area contributed by atoms with E-state index in [0.29, 0.717) is 37.1 Å². The molecule has 0 heterocycles. The topological polar surface area (TPSA) is 117 Å². The van der Waals surface area contributed by atoms with Gasteiger partial charge in [0.25, 0.3) is 0 Å². The van der Waals surface area contributed by atoms with Crippen molar-refractivity contribution < 1.29 is 19.7 Å². The number of hydrogen-bond acceptors (Lipinski definition) is 6. The van der Waals surface area contributed by atoms with Crippen LogP contribution in [0, 0.1) is 0 Å². The van der Waals surface area contributed by atoms with E-state index >= 15 is 0 Å². The van der Waals surface area contributed by atoms with Gasteiger partial charge in [-0.15, -0.1) is 6.58 Å². The number of aliphatic carboxylic acids is 1. The summed E-state index contributed by atoms with van der Waals surface area (Å²) < 4.78 is 5.12. The maximum atomic E-state index is 11.2. The van der Waals surface area contributed by atoms with Gasteiger partial charge < -0.3 is 14.9 Å². The van der Waals surface area contributed by atoms with E-state index in [0.717, 1.165) is 5.56 Å². The lowest BCUT2D eigenvalue weighted by molar-refractivity contribution is -0.138. The SMILES string of the molecule is C=CCc1cc(C=NC(CCCNN)C(=O)O)c(O)c(OC)c1. The van der Waals surface area contributed by atoms with Crippen LogP contribution in [0.15, 0.2) is 29.8 Å². The second-order valence-electron chi connectivity index (χ2n) is 4.96. The molecule has 5 N–H and O–H groups in total. The molecule has 1 aromatic carbocycles. The number of nitrogens with two attached hydrogens (primary N) is 1. The first kappa shape index (κ1) is 18.7. The van der Waals surface area contributed by atoms with Gasteiger partial charge in [-0.05, 0) is 37.0 Å². The largest absolute Gasteiger partial charge is 0.504 e. The molecule has 7 heteroatoms. The Balaban J connectivity index is 3.01. The van der Waals surface area contributed by atoms with Gasteiger partial charge >= 0.3 is 5.97 Å². The van der Waals surface area contributed by atoms with Crippen molar-refractivity contribution in [2.75, 3.05) is 13.7 Å². The zero-order chi connectivity index (χ0) is 17.2. The maximum Gasteiger partial charge on any atom is 0.328 e. The van der Waals surface area contributed by atoms with Crippen LogP contribution in [0.3, 0.4) is 0 Å². The summed E-state index contributed by atoms with van der Waals surface area (Å²) in [6.45, 7) is 4.18. The molecule has 1 unspecified atom stereocenters. The van der Waals surface area contributed by atoms with E-state index in [1.54, 1.807) is 18.2 Å². The van der Waals surface area contributed by atoms with Crippen LogP contribution in [-0.4, -0.2) is 42.1 Å². The van der Waals surface area contributed by atoms with Crippen LogP contribution in [0.1, 0.15) is 24.0 Å². The number of ether oxygens (including phenoxy) is 1. The Morgan fingerprint density at radius 3 is 2.87 bits per heavy atom. The Labute approximate surface area is 135 Å². The van der Waals surface area contributed by atoms with Crippen molar-refractivity contribution in [3.05, 3.63) is 35.9 Å². The van der Waals surface area contributed by atoms with E-state index in [2.05, 4.69) is 17.0 Å². The lowest BCUT2D eigenvalue weighted by Crippen LogP contribution is -2.25. The van der Waals surface area contributed by atoms with Crippen LogP contribution < -0.4 is 16.0 Å². The lowest BCUT2D eigenvalue weighted by Gasteiger charge is -2.10.